The molecule has 21 heavy (non-hydrogen) atoms. The molecule has 2 heterocycles. The summed E-state index contributed by atoms with van der Waals surface area (Å²) in [4.78, 5) is 12.2. The van der Waals surface area contributed by atoms with Crippen molar-refractivity contribution in [1.29, 1.82) is 0 Å². The van der Waals surface area contributed by atoms with Crippen LogP contribution >= 0.6 is 27.3 Å². The summed E-state index contributed by atoms with van der Waals surface area (Å²) < 4.78 is 28.4. The second kappa shape index (κ2) is 6.74. The van der Waals surface area contributed by atoms with Crippen LogP contribution in [0.2, 0.25) is 0 Å². The zero-order valence-electron chi connectivity index (χ0n) is 11.5. The summed E-state index contributed by atoms with van der Waals surface area (Å²) in [5.74, 6) is -1.08. The molecule has 118 valence electrons. The summed E-state index contributed by atoms with van der Waals surface area (Å²) in [5, 5.41) is 11.1. The van der Waals surface area contributed by atoms with Crippen molar-refractivity contribution in [3.8, 4) is 0 Å². The Hall–Kier alpha value is -0.480. The van der Waals surface area contributed by atoms with E-state index in [-0.39, 0.29) is 13.1 Å². The van der Waals surface area contributed by atoms with Crippen LogP contribution in [0.4, 0.5) is 0 Å². The molecule has 0 bridgehead atoms. The van der Waals surface area contributed by atoms with Gasteiger partial charge in [-0.2, -0.15) is 17.0 Å². The molecule has 1 N–H and O–H groups in total. The Kier molecular flexibility index (Phi) is 5.42. The maximum absolute atomic E-state index is 12.6. The van der Waals surface area contributed by atoms with E-state index in [0.717, 1.165) is 20.1 Å². The van der Waals surface area contributed by atoms with Crippen LogP contribution in [0.3, 0.4) is 0 Å². The first-order valence-electron chi connectivity index (χ1n) is 6.51. The van der Waals surface area contributed by atoms with Crippen molar-refractivity contribution in [1.82, 2.24) is 8.61 Å². The Morgan fingerprint density at radius 3 is 2.86 bits per heavy atom. The molecule has 1 atom stereocenters. The fraction of sp³-hybridized carbons (Fsp3) is 0.583. The topological polar surface area (TPSA) is 77.9 Å². The predicted octanol–water partition coefficient (Wildman–Crippen LogP) is 2.13. The number of carbonyl (C=O) groups is 1. The largest absolute Gasteiger partial charge is 0.480 e. The molecule has 1 aliphatic heterocycles. The second-order valence-electron chi connectivity index (χ2n) is 4.96. The van der Waals surface area contributed by atoms with Gasteiger partial charge in [0.15, 0.2) is 0 Å². The normalized spacial score (nSPS) is 20.8. The van der Waals surface area contributed by atoms with Gasteiger partial charge in [0.2, 0.25) is 0 Å². The minimum atomic E-state index is -3.77. The van der Waals surface area contributed by atoms with E-state index in [1.54, 1.807) is 0 Å². The molecule has 0 radical (unpaired) electrons. The third-order valence-corrected chi connectivity index (χ3v) is 7.06. The first-order chi connectivity index (χ1) is 9.82. The smallest absolute Gasteiger partial charge is 0.322 e. The number of aliphatic carboxylic acids is 1. The Balaban J connectivity index is 2.17. The number of thiophene rings is 1. The highest BCUT2D eigenvalue weighted by atomic mass is 79.9. The monoisotopic (exact) mass is 396 g/mol. The standard InChI is InChI=1S/C12H17BrN2O4S2/c1-14(7-10-6-9(13)8-20-10)21(18,19)15-5-3-2-4-11(15)12(16)17/h6,8,11H,2-5,7H2,1H3,(H,16,17). The number of piperidine rings is 1. The van der Waals surface area contributed by atoms with Crippen molar-refractivity contribution in [3.05, 3.63) is 20.8 Å². The second-order valence-corrected chi connectivity index (χ2v) is 8.86. The lowest BCUT2D eigenvalue weighted by molar-refractivity contribution is -0.142. The molecule has 0 spiro atoms. The molecule has 9 heteroatoms. The van der Waals surface area contributed by atoms with Gasteiger partial charge in [0.05, 0.1) is 0 Å². The summed E-state index contributed by atoms with van der Waals surface area (Å²) in [5.41, 5.74) is 0. The fourth-order valence-electron chi connectivity index (χ4n) is 2.34. The molecule has 6 nitrogen and oxygen atoms in total. The van der Waals surface area contributed by atoms with Crippen molar-refractivity contribution >= 4 is 43.4 Å². The van der Waals surface area contributed by atoms with Crippen LogP contribution in [-0.2, 0) is 21.5 Å². The van der Waals surface area contributed by atoms with Gasteiger partial charge in [0.1, 0.15) is 6.04 Å². The fourth-order valence-corrected chi connectivity index (χ4v) is 5.47. The molecule has 0 aliphatic carbocycles. The zero-order chi connectivity index (χ0) is 15.6. The Bertz CT molecular complexity index is 617. The summed E-state index contributed by atoms with van der Waals surface area (Å²) in [7, 11) is -2.29. The molecule has 1 unspecified atom stereocenters. The predicted molar refractivity (Wildman–Crippen MR) is 84.4 cm³/mol. The van der Waals surface area contributed by atoms with Gasteiger partial charge in [-0.1, -0.05) is 0 Å². The highest BCUT2D eigenvalue weighted by Crippen LogP contribution is 2.25. The number of halogens is 1. The van der Waals surface area contributed by atoms with Gasteiger partial charge in [-0.15, -0.1) is 11.3 Å². The highest BCUT2D eigenvalue weighted by Gasteiger charge is 2.38. The lowest BCUT2D eigenvalue weighted by Crippen LogP contribution is -2.52. The van der Waals surface area contributed by atoms with E-state index in [2.05, 4.69) is 15.9 Å². The van der Waals surface area contributed by atoms with Crippen molar-refractivity contribution in [2.75, 3.05) is 13.6 Å². The molecule has 2 rings (SSSR count). The third-order valence-electron chi connectivity index (χ3n) is 3.43. The quantitative estimate of drug-likeness (QED) is 0.826. The van der Waals surface area contributed by atoms with Gasteiger partial charge in [0.25, 0.3) is 10.2 Å². The average Bonchev–Trinajstić information content (AvgIpc) is 2.84. The SMILES string of the molecule is CN(Cc1cc(Br)cs1)S(=O)(=O)N1CCCCC1C(=O)O. The third kappa shape index (κ3) is 3.84. The van der Waals surface area contributed by atoms with Gasteiger partial charge in [-0.3, -0.25) is 4.79 Å². The Morgan fingerprint density at radius 2 is 2.29 bits per heavy atom. The van der Waals surface area contributed by atoms with Gasteiger partial charge >= 0.3 is 5.97 Å². The summed E-state index contributed by atoms with van der Waals surface area (Å²) in [6.07, 6.45) is 1.80. The van der Waals surface area contributed by atoms with E-state index in [4.69, 9.17) is 0 Å². The van der Waals surface area contributed by atoms with Crippen LogP contribution < -0.4 is 0 Å². The van der Waals surface area contributed by atoms with Crippen molar-refractivity contribution in [2.24, 2.45) is 0 Å². The molecule has 0 aromatic carbocycles. The van der Waals surface area contributed by atoms with Gasteiger partial charge in [-0.25, -0.2) is 0 Å². The molecular weight excluding hydrogens is 380 g/mol. The van der Waals surface area contributed by atoms with Crippen molar-refractivity contribution in [2.45, 2.75) is 31.8 Å². The van der Waals surface area contributed by atoms with Crippen LogP contribution in [-0.4, -0.2) is 47.7 Å². The molecule has 1 saturated heterocycles. The lowest BCUT2D eigenvalue weighted by atomic mass is 10.1. The summed E-state index contributed by atoms with van der Waals surface area (Å²) >= 11 is 4.79. The van der Waals surface area contributed by atoms with E-state index < -0.39 is 22.2 Å². The maximum Gasteiger partial charge on any atom is 0.322 e. The van der Waals surface area contributed by atoms with Crippen LogP contribution in [0.1, 0.15) is 24.1 Å². The maximum atomic E-state index is 12.6. The first kappa shape index (κ1) is 16.9. The zero-order valence-corrected chi connectivity index (χ0v) is 14.7. The molecule has 1 aliphatic rings. The summed E-state index contributed by atoms with van der Waals surface area (Å²) in [6.45, 7) is 0.499. The number of hydrogen-bond acceptors (Lipinski definition) is 4. The van der Waals surface area contributed by atoms with E-state index >= 15 is 0 Å². The van der Waals surface area contributed by atoms with Gasteiger partial charge in [-0.05, 0) is 41.3 Å². The van der Waals surface area contributed by atoms with E-state index in [1.807, 2.05) is 11.4 Å². The molecule has 0 saturated carbocycles. The van der Waals surface area contributed by atoms with E-state index in [0.29, 0.717) is 12.8 Å². The Labute approximate surface area is 136 Å². The van der Waals surface area contributed by atoms with Crippen LogP contribution in [0, 0.1) is 0 Å². The average molecular weight is 397 g/mol. The van der Waals surface area contributed by atoms with Crippen LogP contribution in [0.25, 0.3) is 0 Å². The van der Waals surface area contributed by atoms with Crippen LogP contribution in [0.15, 0.2) is 15.9 Å². The Morgan fingerprint density at radius 1 is 1.57 bits per heavy atom. The molecule has 1 aromatic heterocycles. The molecular formula is C12H17BrN2O4S2. The molecule has 1 fully saturated rings. The van der Waals surface area contributed by atoms with E-state index in [1.165, 1.54) is 22.7 Å². The minimum absolute atomic E-state index is 0.238. The van der Waals surface area contributed by atoms with Crippen molar-refractivity contribution in [3.63, 3.8) is 0 Å². The number of carboxylic acid groups (broad SMARTS) is 1. The number of hydrogen-bond donors (Lipinski definition) is 1. The first-order valence-corrected chi connectivity index (χ1v) is 9.58. The molecule has 0 amide bonds. The minimum Gasteiger partial charge on any atom is -0.480 e. The lowest BCUT2D eigenvalue weighted by Gasteiger charge is -2.34. The summed E-state index contributed by atoms with van der Waals surface area (Å²) in [6, 6.07) is 0.906. The number of rotatable bonds is 5. The highest BCUT2D eigenvalue weighted by molar-refractivity contribution is 9.10. The van der Waals surface area contributed by atoms with Crippen molar-refractivity contribution < 1.29 is 18.3 Å². The van der Waals surface area contributed by atoms with Crippen LogP contribution in [0.5, 0.6) is 0 Å². The number of nitrogens with zero attached hydrogens (tertiary/aromatic N) is 2. The van der Waals surface area contributed by atoms with E-state index in [9.17, 15) is 18.3 Å². The van der Waals surface area contributed by atoms with Gasteiger partial charge < -0.3 is 5.11 Å². The molecule has 1 aromatic rings. The number of carboxylic acids is 1. The van der Waals surface area contributed by atoms with Gasteiger partial charge in [0, 0.05) is 34.9 Å².